The lowest BCUT2D eigenvalue weighted by molar-refractivity contribution is -0.122. The van der Waals surface area contributed by atoms with E-state index in [1.165, 1.54) is 47.3 Å². The standard InChI is InChI=1S/C23H21F3N4O4/c24-14-3-1-13(2-4-14)20-21(30(12-28-20)18-10-33-11-23(18,25)26)16-5-6-17(34-16)22(32)29-15-7-8-27-19(31)9-15/h1-6,12,15,18H,7-11H2,(H,27,31)(H,29,32). The highest BCUT2D eigenvalue weighted by Crippen LogP contribution is 2.41. The van der Waals surface area contributed by atoms with Gasteiger partial charge in [-0.3, -0.25) is 9.59 Å². The summed E-state index contributed by atoms with van der Waals surface area (Å²) in [7, 11) is 0. The van der Waals surface area contributed by atoms with Crippen molar-refractivity contribution in [3.05, 3.63) is 54.3 Å². The van der Waals surface area contributed by atoms with Crippen molar-refractivity contribution in [2.75, 3.05) is 19.8 Å². The molecule has 0 bridgehead atoms. The van der Waals surface area contributed by atoms with E-state index >= 15 is 0 Å². The number of rotatable bonds is 5. The number of hydrogen-bond donors (Lipinski definition) is 2. The first-order valence-electron chi connectivity index (χ1n) is 10.8. The molecule has 34 heavy (non-hydrogen) atoms. The van der Waals surface area contributed by atoms with Crippen LogP contribution in [0.2, 0.25) is 0 Å². The minimum absolute atomic E-state index is 0.0341. The molecule has 3 aromatic rings. The lowest BCUT2D eigenvalue weighted by Crippen LogP contribution is -2.45. The summed E-state index contributed by atoms with van der Waals surface area (Å²) in [5.74, 6) is -4.14. The average molecular weight is 474 g/mol. The number of carbonyl (C=O) groups is 2. The number of furan rings is 1. The molecule has 178 valence electrons. The third-order valence-electron chi connectivity index (χ3n) is 5.95. The van der Waals surface area contributed by atoms with Crippen molar-refractivity contribution in [1.82, 2.24) is 20.2 Å². The smallest absolute Gasteiger partial charge is 0.293 e. The molecule has 0 saturated carbocycles. The molecule has 0 spiro atoms. The molecule has 2 amide bonds. The zero-order valence-corrected chi connectivity index (χ0v) is 17.9. The van der Waals surface area contributed by atoms with Gasteiger partial charge in [0.05, 0.1) is 18.6 Å². The second kappa shape index (κ2) is 8.64. The Morgan fingerprint density at radius 1 is 1.21 bits per heavy atom. The second-order valence-corrected chi connectivity index (χ2v) is 8.32. The molecule has 2 unspecified atom stereocenters. The molecule has 11 heteroatoms. The topological polar surface area (TPSA) is 98.4 Å². The highest BCUT2D eigenvalue weighted by molar-refractivity contribution is 5.93. The molecule has 2 atom stereocenters. The Kier molecular flexibility index (Phi) is 5.64. The molecule has 8 nitrogen and oxygen atoms in total. The Labute approximate surface area is 192 Å². The van der Waals surface area contributed by atoms with Crippen molar-refractivity contribution < 1.29 is 31.9 Å². The number of carbonyl (C=O) groups excluding carboxylic acids is 2. The average Bonchev–Trinajstić information content (AvgIpc) is 3.51. The Hall–Kier alpha value is -3.60. The van der Waals surface area contributed by atoms with Crippen molar-refractivity contribution in [2.45, 2.75) is 30.8 Å². The zero-order chi connectivity index (χ0) is 23.9. The van der Waals surface area contributed by atoms with Crippen LogP contribution in [-0.2, 0) is 9.53 Å². The van der Waals surface area contributed by atoms with E-state index in [1.807, 2.05) is 0 Å². The summed E-state index contributed by atoms with van der Waals surface area (Å²) in [5.41, 5.74) is 1.01. The van der Waals surface area contributed by atoms with E-state index < -0.39 is 30.3 Å². The first-order valence-corrected chi connectivity index (χ1v) is 10.8. The minimum atomic E-state index is -3.14. The lowest BCUT2D eigenvalue weighted by Gasteiger charge is -2.22. The number of alkyl halides is 2. The van der Waals surface area contributed by atoms with Crippen molar-refractivity contribution in [3.63, 3.8) is 0 Å². The van der Waals surface area contributed by atoms with E-state index in [1.54, 1.807) is 0 Å². The van der Waals surface area contributed by atoms with Crippen LogP contribution in [0.1, 0.15) is 29.4 Å². The summed E-state index contributed by atoms with van der Waals surface area (Å²) in [6, 6.07) is 6.73. The first-order chi connectivity index (χ1) is 16.3. The first kappa shape index (κ1) is 22.2. The largest absolute Gasteiger partial charge is 0.449 e. The minimum Gasteiger partial charge on any atom is -0.449 e. The highest BCUT2D eigenvalue weighted by atomic mass is 19.3. The number of nitrogens with zero attached hydrogens (tertiary/aromatic N) is 2. The summed E-state index contributed by atoms with van der Waals surface area (Å²) >= 11 is 0. The molecular formula is C23H21F3N4O4. The summed E-state index contributed by atoms with van der Waals surface area (Å²) in [4.78, 5) is 28.6. The van der Waals surface area contributed by atoms with E-state index in [2.05, 4.69) is 15.6 Å². The molecule has 2 fully saturated rings. The van der Waals surface area contributed by atoms with Gasteiger partial charge in [-0.05, 0) is 42.8 Å². The number of ether oxygens (including phenoxy) is 1. The van der Waals surface area contributed by atoms with Crippen LogP contribution in [0.4, 0.5) is 13.2 Å². The fourth-order valence-electron chi connectivity index (χ4n) is 4.22. The number of benzene rings is 1. The maximum absolute atomic E-state index is 14.5. The highest BCUT2D eigenvalue weighted by Gasteiger charge is 2.47. The number of nitrogens with one attached hydrogen (secondary N) is 2. The van der Waals surface area contributed by atoms with Crippen molar-refractivity contribution in [2.24, 2.45) is 0 Å². The molecular weight excluding hydrogens is 453 g/mol. The van der Waals surface area contributed by atoms with Gasteiger partial charge >= 0.3 is 0 Å². The van der Waals surface area contributed by atoms with Crippen LogP contribution >= 0.6 is 0 Å². The Balaban J connectivity index is 1.50. The second-order valence-electron chi connectivity index (χ2n) is 8.32. The molecule has 1 aromatic carbocycles. The SMILES string of the molecule is O=C1CC(NC(=O)c2ccc(-c3c(-c4ccc(F)cc4)ncn3C3COCC3(F)F)o2)CCN1. The number of aromatic nitrogens is 2. The van der Waals surface area contributed by atoms with Gasteiger partial charge < -0.3 is 24.4 Å². The molecule has 5 rings (SSSR count). The molecule has 2 aromatic heterocycles. The maximum atomic E-state index is 14.5. The molecule has 0 radical (unpaired) electrons. The van der Waals surface area contributed by atoms with Crippen LogP contribution in [0.15, 0.2) is 47.1 Å². The Morgan fingerprint density at radius 2 is 2.00 bits per heavy atom. The van der Waals surface area contributed by atoms with Gasteiger partial charge in [-0.1, -0.05) is 0 Å². The third kappa shape index (κ3) is 4.18. The number of hydrogen-bond acceptors (Lipinski definition) is 5. The summed E-state index contributed by atoms with van der Waals surface area (Å²) in [6.07, 6.45) is 2.02. The van der Waals surface area contributed by atoms with Crippen LogP contribution in [0.5, 0.6) is 0 Å². The predicted octanol–water partition coefficient (Wildman–Crippen LogP) is 3.16. The zero-order valence-electron chi connectivity index (χ0n) is 17.9. The lowest BCUT2D eigenvalue weighted by atomic mass is 10.1. The van der Waals surface area contributed by atoms with Gasteiger partial charge in [0, 0.05) is 24.6 Å². The molecule has 2 aliphatic heterocycles. The van der Waals surface area contributed by atoms with Gasteiger partial charge in [-0.15, -0.1) is 0 Å². The van der Waals surface area contributed by atoms with Crippen molar-refractivity contribution >= 4 is 11.8 Å². The van der Waals surface area contributed by atoms with Gasteiger partial charge in [0.15, 0.2) is 11.5 Å². The van der Waals surface area contributed by atoms with Crippen LogP contribution in [-0.4, -0.2) is 53.1 Å². The van der Waals surface area contributed by atoms with Crippen LogP contribution < -0.4 is 10.6 Å². The monoisotopic (exact) mass is 474 g/mol. The predicted molar refractivity (Wildman–Crippen MR) is 114 cm³/mol. The van der Waals surface area contributed by atoms with Gasteiger partial charge in [-0.25, -0.2) is 18.2 Å². The Bertz CT molecular complexity index is 1220. The quantitative estimate of drug-likeness (QED) is 0.592. The maximum Gasteiger partial charge on any atom is 0.293 e. The van der Waals surface area contributed by atoms with Crippen LogP contribution in [0, 0.1) is 5.82 Å². The van der Waals surface area contributed by atoms with Crippen LogP contribution in [0.25, 0.3) is 22.7 Å². The van der Waals surface area contributed by atoms with E-state index in [0.717, 1.165) is 0 Å². The van der Waals surface area contributed by atoms with E-state index in [-0.39, 0.29) is 42.2 Å². The number of piperidine rings is 1. The third-order valence-corrected chi connectivity index (χ3v) is 5.95. The molecule has 2 aliphatic rings. The van der Waals surface area contributed by atoms with Crippen LogP contribution in [0.3, 0.4) is 0 Å². The summed E-state index contributed by atoms with van der Waals surface area (Å²) in [6.45, 7) is -0.482. The number of halogens is 3. The summed E-state index contributed by atoms with van der Waals surface area (Å²) < 4.78 is 54.6. The van der Waals surface area contributed by atoms with Gasteiger partial charge in [0.2, 0.25) is 5.91 Å². The Morgan fingerprint density at radius 3 is 2.71 bits per heavy atom. The van der Waals surface area contributed by atoms with Gasteiger partial charge in [0.25, 0.3) is 11.8 Å². The summed E-state index contributed by atoms with van der Waals surface area (Å²) in [5, 5.41) is 5.46. The normalized spacial score (nSPS) is 21.9. The van der Waals surface area contributed by atoms with E-state index in [9.17, 15) is 22.8 Å². The van der Waals surface area contributed by atoms with E-state index in [4.69, 9.17) is 9.15 Å². The fraction of sp³-hybridized carbons (Fsp3) is 0.348. The molecule has 2 N–H and O–H groups in total. The number of amides is 2. The van der Waals surface area contributed by atoms with E-state index in [0.29, 0.717) is 24.2 Å². The van der Waals surface area contributed by atoms with Gasteiger partial charge in [0.1, 0.15) is 24.2 Å². The molecule has 0 aliphatic carbocycles. The number of imidazole rings is 1. The van der Waals surface area contributed by atoms with Crippen molar-refractivity contribution in [1.29, 1.82) is 0 Å². The van der Waals surface area contributed by atoms with Gasteiger partial charge in [-0.2, -0.15) is 0 Å². The fourth-order valence-corrected chi connectivity index (χ4v) is 4.22. The van der Waals surface area contributed by atoms with Crippen molar-refractivity contribution in [3.8, 4) is 22.7 Å². The molecule has 2 saturated heterocycles. The molecule has 4 heterocycles.